The number of carbonyl (C=O) groups excluding carboxylic acids is 2. The number of carboxylic acids is 1. The SMILES string of the molecule is O=C(O)CN1C(=O)CC(C2CCCCC2)CC1=O. The van der Waals surface area contributed by atoms with Crippen LogP contribution in [0.3, 0.4) is 0 Å². The van der Waals surface area contributed by atoms with E-state index in [-0.39, 0.29) is 17.7 Å². The van der Waals surface area contributed by atoms with Gasteiger partial charge in [-0.05, 0) is 11.8 Å². The van der Waals surface area contributed by atoms with Crippen molar-refractivity contribution in [3.8, 4) is 0 Å². The summed E-state index contributed by atoms with van der Waals surface area (Å²) in [5.41, 5.74) is 0. The second kappa shape index (κ2) is 5.50. The van der Waals surface area contributed by atoms with E-state index in [1.54, 1.807) is 0 Å². The van der Waals surface area contributed by atoms with Crippen molar-refractivity contribution in [3.05, 3.63) is 0 Å². The minimum atomic E-state index is -1.13. The third-order valence-corrected chi connectivity index (χ3v) is 4.09. The zero-order chi connectivity index (χ0) is 13.1. The fraction of sp³-hybridized carbons (Fsp3) is 0.769. The van der Waals surface area contributed by atoms with Gasteiger partial charge in [0.1, 0.15) is 6.54 Å². The highest BCUT2D eigenvalue weighted by Crippen LogP contribution is 2.36. The molecule has 5 heteroatoms. The third kappa shape index (κ3) is 2.89. The molecule has 1 saturated heterocycles. The van der Waals surface area contributed by atoms with Gasteiger partial charge >= 0.3 is 5.97 Å². The Morgan fingerprint density at radius 1 is 1.06 bits per heavy atom. The number of carboxylic acid groups (broad SMARTS) is 1. The number of amides is 2. The number of rotatable bonds is 3. The van der Waals surface area contributed by atoms with Crippen molar-refractivity contribution in [1.82, 2.24) is 4.90 Å². The fourth-order valence-electron chi connectivity index (χ4n) is 3.13. The van der Waals surface area contributed by atoms with Gasteiger partial charge in [-0.2, -0.15) is 0 Å². The average molecular weight is 253 g/mol. The summed E-state index contributed by atoms with van der Waals surface area (Å²) in [6.45, 7) is -0.491. The topological polar surface area (TPSA) is 74.7 Å². The van der Waals surface area contributed by atoms with E-state index >= 15 is 0 Å². The number of aliphatic carboxylic acids is 1. The predicted octanol–water partition coefficient (Wildman–Crippen LogP) is 1.42. The molecule has 100 valence electrons. The molecule has 5 nitrogen and oxygen atoms in total. The first kappa shape index (κ1) is 13.1. The molecular weight excluding hydrogens is 234 g/mol. The highest BCUT2D eigenvalue weighted by atomic mass is 16.4. The minimum absolute atomic E-state index is 0.135. The standard InChI is InChI=1S/C13H19NO4/c15-11-6-10(9-4-2-1-3-5-9)7-12(16)14(11)8-13(17)18/h9-10H,1-8H2,(H,17,18). The number of imide groups is 1. The summed E-state index contributed by atoms with van der Waals surface area (Å²) in [7, 11) is 0. The predicted molar refractivity (Wildman–Crippen MR) is 63.7 cm³/mol. The fourth-order valence-corrected chi connectivity index (χ4v) is 3.13. The maximum absolute atomic E-state index is 11.8. The number of hydrogen-bond donors (Lipinski definition) is 1. The lowest BCUT2D eigenvalue weighted by Gasteiger charge is -2.35. The second-order valence-electron chi connectivity index (χ2n) is 5.33. The van der Waals surface area contributed by atoms with Gasteiger partial charge in [0, 0.05) is 12.8 Å². The van der Waals surface area contributed by atoms with E-state index in [0.29, 0.717) is 18.8 Å². The van der Waals surface area contributed by atoms with Crippen LogP contribution in [-0.2, 0) is 14.4 Å². The van der Waals surface area contributed by atoms with Crippen LogP contribution in [0.5, 0.6) is 0 Å². The number of carbonyl (C=O) groups is 3. The summed E-state index contributed by atoms with van der Waals surface area (Å²) in [6.07, 6.45) is 6.49. The van der Waals surface area contributed by atoms with Crippen LogP contribution < -0.4 is 0 Å². The molecule has 18 heavy (non-hydrogen) atoms. The molecule has 0 aromatic rings. The third-order valence-electron chi connectivity index (χ3n) is 4.09. The van der Waals surface area contributed by atoms with Gasteiger partial charge in [-0.1, -0.05) is 32.1 Å². The number of likely N-dealkylation sites (tertiary alicyclic amines) is 1. The summed E-state index contributed by atoms with van der Waals surface area (Å²) in [4.78, 5) is 35.2. The largest absolute Gasteiger partial charge is 0.480 e. The van der Waals surface area contributed by atoms with Crippen LogP contribution in [0.2, 0.25) is 0 Å². The van der Waals surface area contributed by atoms with Crippen molar-refractivity contribution in [3.63, 3.8) is 0 Å². The maximum atomic E-state index is 11.8. The minimum Gasteiger partial charge on any atom is -0.480 e. The lowest BCUT2D eigenvalue weighted by Crippen LogP contribution is -2.47. The Morgan fingerprint density at radius 3 is 2.11 bits per heavy atom. The molecule has 0 radical (unpaired) electrons. The molecule has 1 N–H and O–H groups in total. The molecule has 0 atom stereocenters. The van der Waals surface area contributed by atoms with Gasteiger partial charge in [0.05, 0.1) is 0 Å². The molecule has 0 spiro atoms. The van der Waals surface area contributed by atoms with Gasteiger partial charge in [-0.3, -0.25) is 19.3 Å². The summed E-state index contributed by atoms with van der Waals surface area (Å²) in [6, 6.07) is 0. The molecular formula is C13H19NO4. The Morgan fingerprint density at radius 2 is 1.61 bits per heavy atom. The second-order valence-corrected chi connectivity index (χ2v) is 5.33. The van der Waals surface area contributed by atoms with Crippen LogP contribution in [-0.4, -0.2) is 34.3 Å². The van der Waals surface area contributed by atoms with E-state index in [0.717, 1.165) is 17.7 Å². The van der Waals surface area contributed by atoms with Gasteiger partial charge in [-0.25, -0.2) is 0 Å². The van der Waals surface area contributed by atoms with E-state index < -0.39 is 12.5 Å². The number of nitrogens with zero attached hydrogens (tertiary/aromatic N) is 1. The lowest BCUT2D eigenvalue weighted by atomic mass is 9.75. The normalized spacial score (nSPS) is 23.4. The first-order valence-corrected chi connectivity index (χ1v) is 6.63. The summed E-state index contributed by atoms with van der Waals surface area (Å²) in [5, 5.41) is 8.67. The number of hydrogen-bond acceptors (Lipinski definition) is 3. The van der Waals surface area contributed by atoms with Crippen LogP contribution in [0.4, 0.5) is 0 Å². The van der Waals surface area contributed by atoms with Crippen molar-refractivity contribution in [2.24, 2.45) is 11.8 Å². The van der Waals surface area contributed by atoms with Gasteiger partial charge in [0.15, 0.2) is 0 Å². The molecule has 1 heterocycles. The number of piperidine rings is 1. The molecule has 2 fully saturated rings. The Balaban J connectivity index is 1.97. The van der Waals surface area contributed by atoms with Crippen molar-refractivity contribution in [1.29, 1.82) is 0 Å². The Labute approximate surface area is 106 Å². The Hall–Kier alpha value is -1.39. The lowest BCUT2D eigenvalue weighted by molar-refractivity contribution is -0.157. The quantitative estimate of drug-likeness (QED) is 0.772. The molecule has 1 aliphatic carbocycles. The Kier molecular flexibility index (Phi) is 3.99. The smallest absolute Gasteiger partial charge is 0.323 e. The van der Waals surface area contributed by atoms with Gasteiger partial charge < -0.3 is 5.11 Å². The first-order valence-electron chi connectivity index (χ1n) is 6.63. The monoisotopic (exact) mass is 253 g/mol. The van der Waals surface area contributed by atoms with E-state index in [1.165, 1.54) is 19.3 Å². The van der Waals surface area contributed by atoms with Crippen LogP contribution in [0, 0.1) is 11.8 Å². The van der Waals surface area contributed by atoms with Gasteiger partial charge in [0.2, 0.25) is 11.8 Å². The molecule has 1 aliphatic heterocycles. The molecule has 0 aromatic carbocycles. The molecule has 2 aliphatic rings. The van der Waals surface area contributed by atoms with E-state index in [9.17, 15) is 14.4 Å². The van der Waals surface area contributed by atoms with Crippen LogP contribution in [0.1, 0.15) is 44.9 Å². The van der Waals surface area contributed by atoms with Crippen molar-refractivity contribution in [2.45, 2.75) is 44.9 Å². The van der Waals surface area contributed by atoms with Crippen molar-refractivity contribution >= 4 is 17.8 Å². The van der Waals surface area contributed by atoms with Crippen molar-refractivity contribution in [2.75, 3.05) is 6.54 Å². The zero-order valence-corrected chi connectivity index (χ0v) is 10.4. The zero-order valence-electron chi connectivity index (χ0n) is 10.4. The van der Waals surface area contributed by atoms with Crippen LogP contribution >= 0.6 is 0 Å². The van der Waals surface area contributed by atoms with E-state index in [2.05, 4.69) is 0 Å². The summed E-state index contributed by atoms with van der Waals surface area (Å²) in [5.74, 6) is -1.16. The summed E-state index contributed by atoms with van der Waals surface area (Å²) >= 11 is 0. The molecule has 1 saturated carbocycles. The van der Waals surface area contributed by atoms with E-state index in [1.807, 2.05) is 0 Å². The molecule has 0 bridgehead atoms. The molecule has 2 amide bonds. The molecule has 0 unspecified atom stereocenters. The van der Waals surface area contributed by atoms with Crippen LogP contribution in [0.25, 0.3) is 0 Å². The van der Waals surface area contributed by atoms with Crippen molar-refractivity contribution < 1.29 is 19.5 Å². The van der Waals surface area contributed by atoms with Crippen LogP contribution in [0.15, 0.2) is 0 Å². The first-order chi connectivity index (χ1) is 8.58. The van der Waals surface area contributed by atoms with Gasteiger partial charge in [-0.15, -0.1) is 0 Å². The Bertz CT molecular complexity index is 342. The molecule has 2 rings (SSSR count). The molecule has 0 aromatic heterocycles. The highest BCUT2D eigenvalue weighted by Gasteiger charge is 2.37. The van der Waals surface area contributed by atoms with Gasteiger partial charge in [0.25, 0.3) is 0 Å². The summed E-state index contributed by atoms with van der Waals surface area (Å²) < 4.78 is 0. The average Bonchev–Trinajstić information content (AvgIpc) is 2.34. The maximum Gasteiger partial charge on any atom is 0.323 e. The highest BCUT2D eigenvalue weighted by molar-refractivity contribution is 6.00. The van der Waals surface area contributed by atoms with E-state index in [4.69, 9.17) is 5.11 Å².